The van der Waals surface area contributed by atoms with Gasteiger partial charge in [0.05, 0.1) is 43.2 Å². The number of hydrogen-bond acceptors (Lipinski definition) is 10. The minimum absolute atomic E-state index is 0.135. The van der Waals surface area contributed by atoms with Crippen molar-refractivity contribution in [3.05, 3.63) is 60.3 Å². The number of hydrogen-bond donors (Lipinski definition) is 4. The highest BCUT2D eigenvalue weighted by molar-refractivity contribution is 7.20. The summed E-state index contributed by atoms with van der Waals surface area (Å²) in [5, 5.41) is 8.13. The van der Waals surface area contributed by atoms with Crippen molar-refractivity contribution >= 4 is 52.0 Å². The first-order chi connectivity index (χ1) is 24.6. The van der Waals surface area contributed by atoms with E-state index >= 15 is 0 Å². The van der Waals surface area contributed by atoms with Gasteiger partial charge >= 0.3 is 12.2 Å². The van der Waals surface area contributed by atoms with E-state index in [-0.39, 0.29) is 23.8 Å². The van der Waals surface area contributed by atoms with Gasteiger partial charge in [0.1, 0.15) is 23.9 Å². The van der Waals surface area contributed by atoms with E-state index in [9.17, 15) is 24.0 Å². The molecule has 0 spiro atoms. The Balaban J connectivity index is 1.12. The molecule has 5 heterocycles. The van der Waals surface area contributed by atoms with Crippen LogP contribution in [0, 0.1) is 5.92 Å². The van der Waals surface area contributed by atoms with Crippen LogP contribution in [0.3, 0.4) is 0 Å². The number of likely N-dealkylation sites (tertiary alicyclic amines) is 2. The summed E-state index contributed by atoms with van der Waals surface area (Å²) in [6.07, 6.45) is 6.54. The van der Waals surface area contributed by atoms with E-state index in [2.05, 4.69) is 30.9 Å². The van der Waals surface area contributed by atoms with Gasteiger partial charge in [-0.3, -0.25) is 18.8 Å². The Morgan fingerprint density at radius 2 is 1.63 bits per heavy atom. The zero-order chi connectivity index (χ0) is 36.2. The highest BCUT2D eigenvalue weighted by Gasteiger charge is 2.39. The smallest absolute Gasteiger partial charge is 0.407 e. The summed E-state index contributed by atoms with van der Waals surface area (Å²) in [4.78, 5) is 82.0. The summed E-state index contributed by atoms with van der Waals surface area (Å²) >= 11 is 1.40. The molecule has 1 aromatic carbocycles. The van der Waals surface area contributed by atoms with Crippen molar-refractivity contribution in [3.8, 4) is 10.6 Å². The number of H-pyrrole nitrogens is 1. The molecule has 0 radical (unpaired) electrons. The molecule has 4 aromatic rings. The maximum atomic E-state index is 13.7. The van der Waals surface area contributed by atoms with Crippen LogP contribution >= 0.6 is 11.3 Å². The van der Waals surface area contributed by atoms with Gasteiger partial charge in [-0.25, -0.2) is 19.6 Å². The molecule has 2 saturated heterocycles. The number of nitrogens with one attached hydrogen (secondary N) is 4. The van der Waals surface area contributed by atoms with Crippen LogP contribution in [0.5, 0.6) is 0 Å². The monoisotopic (exact) mass is 719 g/mol. The number of methoxy groups -OCH3 is 2. The number of anilines is 1. The third-order valence-electron chi connectivity index (χ3n) is 9.18. The Kier molecular flexibility index (Phi) is 10.5. The fourth-order valence-electron chi connectivity index (χ4n) is 6.59. The number of carbonyl (C=O) groups is 5. The van der Waals surface area contributed by atoms with Gasteiger partial charge in [0.15, 0.2) is 10.8 Å². The number of imidazole rings is 2. The number of fused-ring (bicyclic) bond motifs is 1. The quantitative estimate of drug-likeness (QED) is 0.188. The number of amides is 5. The fourth-order valence-corrected chi connectivity index (χ4v) is 7.52. The average Bonchev–Trinajstić information content (AvgIpc) is 3.96. The number of benzene rings is 1. The van der Waals surface area contributed by atoms with E-state index in [1.54, 1.807) is 46.0 Å². The molecule has 0 saturated carbocycles. The predicted octanol–water partition coefficient (Wildman–Crippen LogP) is 3.86. The number of rotatable bonds is 10. The van der Waals surface area contributed by atoms with Crippen molar-refractivity contribution in [2.24, 2.45) is 5.92 Å². The highest BCUT2D eigenvalue weighted by Crippen LogP contribution is 2.35. The van der Waals surface area contributed by atoms with Crippen LogP contribution in [-0.4, -0.2) is 98.5 Å². The molecule has 0 aliphatic carbocycles. The summed E-state index contributed by atoms with van der Waals surface area (Å²) in [5.41, 5.74) is 1.34. The average molecular weight is 720 g/mol. The molecule has 4 atom stereocenters. The van der Waals surface area contributed by atoms with Crippen LogP contribution in [0.15, 0.2) is 48.9 Å². The van der Waals surface area contributed by atoms with Crippen molar-refractivity contribution in [1.82, 2.24) is 39.8 Å². The largest absolute Gasteiger partial charge is 0.453 e. The number of nitrogens with zero attached hydrogens (tertiary/aromatic N) is 5. The van der Waals surface area contributed by atoms with E-state index in [0.717, 1.165) is 23.4 Å². The number of carbonyl (C=O) groups excluding carboxylic acids is 5. The maximum absolute atomic E-state index is 13.7. The summed E-state index contributed by atoms with van der Waals surface area (Å²) in [6, 6.07) is 6.09. The normalized spacial score (nSPS) is 18.5. The molecule has 270 valence electrons. The van der Waals surface area contributed by atoms with Gasteiger partial charge in [0.2, 0.25) is 11.8 Å². The first kappa shape index (κ1) is 35.4. The Morgan fingerprint density at radius 3 is 2.33 bits per heavy atom. The van der Waals surface area contributed by atoms with Crippen LogP contribution in [0.2, 0.25) is 0 Å². The minimum atomic E-state index is -1.01. The number of aromatic nitrogens is 4. The van der Waals surface area contributed by atoms with Crippen LogP contribution < -0.4 is 16.0 Å². The zero-order valence-electron chi connectivity index (χ0n) is 28.8. The Hall–Kier alpha value is -5.45. The molecule has 5 amide bonds. The fraction of sp³-hybridized carbons (Fsp3) is 0.441. The number of aromatic amines is 1. The Morgan fingerprint density at radius 1 is 0.922 bits per heavy atom. The molecule has 0 unspecified atom stereocenters. The molecular formula is C34H41N9O7S. The van der Waals surface area contributed by atoms with Crippen LogP contribution in [0.1, 0.15) is 63.0 Å². The molecule has 2 aliphatic heterocycles. The lowest BCUT2D eigenvalue weighted by atomic mass is 10.0. The molecule has 3 aromatic heterocycles. The van der Waals surface area contributed by atoms with Gasteiger partial charge < -0.3 is 40.2 Å². The van der Waals surface area contributed by atoms with Crippen molar-refractivity contribution < 1.29 is 33.4 Å². The van der Waals surface area contributed by atoms with E-state index < -0.39 is 36.2 Å². The zero-order valence-corrected chi connectivity index (χ0v) is 29.6. The van der Waals surface area contributed by atoms with Gasteiger partial charge in [-0.05, 0) is 37.2 Å². The van der Waals surface area contributed by atoms with Crippen molar-refractivity contribution in [2.45, 2.75) is 63.7 Å². The van der Waals surface area contributed by atoms with E-state index in [4.69, 9.17) is 9.47 Å². The highest BCUT2D eigenvalue weighted by atomic mass is 32.1. The van der Waals surface area contributed by atoms with Gasteiger partial charge in [-0.15, -0.1) is 0 Å². The van der Waals surface area contributed by atoms with Gasteiger partial charge in [0.25, 0.3) is 5.91 Å². The second-order valence-corrected chi connectivity index (χ2v) is 13.8. The summed E-state index contributed by atoms with van der Waals surface area (Å²) < 4.78 is 11.3. The van der Waals surface area contributed by atoms with Crippen LogP contribution in [0.25, 0.3) is 15.5 Å². The van der Waals surface area contributed by atoms with Crippen LogP contribution in [0.4, 0.5) is 15.4 Å². The molecular weight excluding hydrogens is 678 g/mol. The van der Waals surface area contributed by atoms with Crippen molar-refractivity contribution in [3.63, 3.8) is 0 Å². The lowest BCUT2D eigenvalue weighted by molar-refractivity contribution is -0.138. The van der Waals surface area contributed by atoms with Gasteiger partial charge in [-0.1, -0.05) is 55.5 Å². The summed E-state index contributed by atoms with van der Waals surface area (Å²) in [7, 11) is 2.49. The molecule has 17 heteroatoms. The number of alkyl carbamates (subject to hydrolysis) is 2. The number of thiazole rings is 1. The predicted molar refractivity (Wildman–Crippen MR) is 187 cm³/mol. The molecule has 0 bridgehead atoms. The Labute approximate surface area is 297 Å². The molecule has 2 aliphatic rings. The topological polar surface area (TPSA) is 192 Å². The minimum Gasteiger partial charge on any atom is -0.453 e. The number of ether oxygens (including phenoxy) is 2. The molecule has 6 rings (SSSR count). The summed E-state index contributed by atoms with van der Waals surface area (Å²) in [6.45, 7) is 4.67. The first-order valence-corrected chi connectivity index (χ1v) is 17.6. The van der Waals surface area contributed by atoms with Crippen molar-refractivity contribution in [2.75, 3.05) is 32.6 Å². The lowest BCUT2D eigenvalue weighted by Crippen LogP contribution is -2.51. The van der Waals surface area contributed by atoms with E-state index in [1.165, 1.54) is 30.5 Å². The maximum Gasteiger partial charge on any atom is 0.407 e. The van der Waals surface area contributed by atoms with Crippen molar-refractivity contribution in [1.29, 1.82) is 0 Å². The molecule has 51 heavy (non-hydrogen) atoms. The van der Waals surface area contributed by atoms with Gasteiger partial charge in [-0.2, -0.15) is 0 Å². The standard InChI is InChI=1S/C34H41N9O7S/c1-19(2)26(39-33(47)49-3)30(45)42-14-8-12-22(42)28-35-16-21(36-28)24-17-41-18-25(38-32(41)51-24)37-29(44)23-13-9-15-43(23)31(46)27(40-34(48)50-4)20-10-6-5-7-11-20/h5-7,10-11,16-19,22-23,26-27H,8-9,12-15H2,1-4H3,(H,35,36)(H,37,44)(H,39,47)(H,40,48)/t22-,23-,26-,27+/m0/s1. The first-order valence-electron chi connectivity index (χ1n) is 16.8. The molecule has 4 N–H and O–H groups in total. The molecule has 16 nitrogen and oxygen atoms in total. The summed E-state index contributed by atoms with van der Waals surface area (Å²) in [5.74, 6) is -0.0891. The lowest BCUT2D eigenvalue weighted by Gasteiger charge is -2.30. The van der Waals surface area contributed by atoms with E-state index in [0.29, 0.717) is 48.1 Å². The SMILES string of the molecule is COC(=O)N[C@H](C(=O)N1CCC[C@H]1c1ncc(-c2cn3cc(NC(=O)[C@@H]4CCCN4C(=O)[C@H](NC(=O)OC)c4ccccc4)nc3s2)[nH]1)C(C)C. The second kappa shape index (κ2) is 15.2. The van der Waals surface area contributed by atoms with E-state index in [1.807, 2.05) is 26.1 Å². The van der Waals surface area contributed by atoms with Gasteiger partial charge in [0, 0.05) is 19.3 Å². The third-order valence-corrected chi connectivity index (χ3v) is 10.2. The second-order valence-electron chi connectivity index (χ2n) is 12.8. The Bertz CT molecular complexity index is 1870. The molecule has 2 fully saturated rings. The van der Waals surface area contributed by atoms with Crippen LogP contribution in [-0.2, 0) is 23.9 Å². The third kappa shape index (κ3) is 7.52.